The first-order valence-corrected chi connectivity index (χ1v) is 6.92. The summed E-state index contributed by atoms with van der Waals surface area (Å²) in [4.78, 5) is 0. The SMILES string of the molecule is C=CC(C)(C)c1cc(C#N)ccc1OCc1ccccc1. The molecule has 0 fully saturated rings. The predicted molar refractivity (Wildman–Crippen MR) is 85.2 cm³/mol. The number of nitrogens with zero attached hydrogens (tertiary/aromatic N) is 1. The van der Waals surface area contributed by atoms with E-state index in [1.54, 1.807) is 6.07 Å². The van der Waals surface area contributed by atoms with Gasteiger partial charge >= 0.3 is 0 Å². The maximum atomic E-state index is 9.08. The van der Waals surface area contributed by atoms with Crippen LogP contribution in [0.15, 0.2) is 61.2 Å². The number of hydrogen-bond donors (Lipinski definition) is 0. The van der Waals surface area contributed by atoms with Crippen LogP contribution in [0, 0.1) is 11.3 Å². The lowest BCUT2D eigenvalue weighted by Gasteiger charge is -2.24. The van der Waals surface area contributed by atoms with Gasteiger partial charge < -0.3 is 4.74 Å². The molecule has 0 atom stereocenters. The number of hydrogen-bond acceptors (Lipinski definition) is 2. The fourth-order valence-electron chi connectivity index (χ4n) is 2.07. The zero-order valence-corrected chi connectivity index (χ0v) is 12.5. The highest BCUT2D eigenvalue weighted by molar-refractivity contribution is 5.47. The van der Waals surface area contributed by atoms with Crippen LogP contribution in [0.2, 0.25) is 0 Å². The Morgan fingerprint density at radius 2 is 1.90 bits per heavy atom. The molecule has 0 saturated heterocycles. The minimum Gasteiger partial charge on any atom is -0.489 e. The molecule has 106 valence electrons. The van der Waals surface area contributed by atoms with Gasteiger partial charge in [-0.1, -0.05) is 50.3 Å². The number of allylic oxidation sites excluding steroid dienone is 1. The van der Waals surface area contributed by atoms with Crippen molar-refractivity contribution in [3.05, 3.63) is 77.9 Å². The van der Waals surface area contributed by atoms with Gasteiger partial charge in [0.15, 0.2) is 0 Å². The minimum atomic E-state index is -0.251. The third-order valence-corrected chi connectivity index (χ3v) is 3.55. The highest BCUT2D eigenvalue weighted by Gasteiger charge is 2.21. The zero-order valence-electron chi connectivity index (χ0n) is 12.5. The molecule has 0 aliphatic carbocycles. The van der Waals surface area contributed by atoms with Gasteiger partial charge in [-0.15, -0.1) is 6.58 Å². The predicted octanol–water partition coefficient (Wildman–Crippen LogP) is 4.60. The maximum absolute atomic E-state index is 9.08. The van der Waals surface area contributed by atoms with Gasteiger partial charge in [0.05, 0.1) is 11.6 Å². The first-order chi connectivity index (χ1) is 10.1. The van der Waals surface area contributed by atoms with E-state index in [0.29, 0.717) is 12.2 Å². The third kappa shape index (κ3) is 3.52. The zero-order chi connectivity index (χ0) is 15.3. The second kappa shape index (κ2) is 6.28. The molecule has 0 bridgehead atoms. The molecule has 2 rings (SSSR count). The summed E-state index contributed by atoms with van der Waals surface area (Å²) in [5, 5.41) is 9.08. The Morgan fingerprint density at radius 3 is 2.52 bits per heavy atom. The summed E-state index contributed by atoms with van der Waals surface area (Å²) in [6.45, 7) is 8.51. The number of rotatable bonds is 5. The fourth-order valence-corrected chi connectivity index (χ4v) is 2.07. The molecule has 2 heteroatoms. The Morgan fingerprint density at radius 1 is 1.19 bits per heavy atom. The lowest BCUT2D eigenvalue weighted by atomic mass is 9.83. The summed E-state index contributed by atoms with van der Waals surface area (Å²) in [6.07, 6.45) is 1.87. The molecular weight excluding hydrogens is 258 g/mol. The lowest BCUT2D eigenvalue weighted by molar-refractivity contribution is 0.299. The van der Waals surface area contributed by atoms with E-state index in [1.165, 1.54) is 0 Å². The summed E-state index contributed by atoms with van der Waals surface area (Å²) >= 11 is 0. The van der Waals surface area contributed by atoms with E-state index < -0.39 is 0 Å². The average Bonchev–Trinajstić information content (AvgIpc) is 2.53. The molecule has 0 spiro atoms. The van der Waals surface area contributed by atoms with E-state index in [0.717, 1.165) is 16.9 Å². The molecule has 0 saturated carbocycles. The topological polar surface area (TPSA) is 33.0 Å². The first kappa shape index (κ1) is 14.9. The normalized spacial score (nSPS) is 10.7. The molecule has 0 heterocycles. The molecule has 2 nitrogen and oxygen atoms in total. The summed E-state index contributed by atoms with van der Waals surface area (Å²) in [6, 6.07) is 17.7. The number of benzene rings is 2. The van der Waals surface area contributed by atoms with Crippen LogP contribution >= 0.6 is 0 Å². The Bertz CT molecular complexity index is 666. The van der Waals surface area contributed by atoms with Crippen molar-refractivity contribution in [1.29, 1.82) is 5.26 Å². The monoisotopic (exact) mass is 277 g/mol. The Hall–Kier alpha value is -2.53. The van der Waals surface area contributed by atoms with E-state index in [4.69, 9.17) is 10.00 Å². The van der Waals surface area contributed by atoms with Crippen LogP contribution < -0.4 is 4.74 Å². The fraction of sp³-hybridized carbons (Fsp3) is 0.211. The second-order valence-electron chi connectivity index (χ2n) is 5.52. The van der Waals surface area contributed by atoms with Gasteiger partial charge in [0.1, 0.15) is 12.4 Å². The van der Waals surface area contributed by atoms with Crippen molar-refractivity contribution in [1.82, 2.24) is 0 Å². The molecule has 0 radical (unpaired) electrons. The second-order valence-corrected chi connectivity index (χ2v) is 5.52. The highest BCUT2D eigenvalue weighted by Crippen LogP contribution is 2.33. The van der Waals surface area contributed by atoms with Crippen LogP contribution in [-0.2, 0) is 12.0 Å². The van der Waals surface area contributed by atoms with Gasteiger partial charge in [-0.25, -0.2) is 0 Å². The van der Waals surface area contributed by atoms with Crippen molar-refractivity contribution in [2.75, 3.05) is 0 Å². The van der Waals surface area contributed by atoms with Crippen molar-refractivity contribution in [3.8, 4) is 11.8 Å². The van der Waals surface area contributed by atoms with Crippen LogP contribution in [0.5, 0.6) is 5.75 Å². The molecule has 21 heavy (non-hydrogen) atoms. The van der Waals surface area contributed by atoms with Gasteiger partial charge in [-0.05, 0) is 23.8 Å². The molecule has 2 aromatic carbocycles. The van der Waals surface area contributed by atoms with Gasteiger partial charge in [-0.3, -0.25) is 0 Å². The lowest BCUT2D eigenvalue weighted by Crippen LogP contribution is -2.15. The largest absolute Gasteiger partial charge is 0.489 e. The van der Waals surface area contributed by atoms with Gasteiger partial charge in [-0.2, -0.15) is 5.26 Å². The Labute approximate surface area is 126 Å². The Kier molecular flexibility index (Phi) is 4.45. The summed E-state index contributed by atoms with van der Waals surface area (Å²) in [5.41, 5.74) is 2.47. The molecule has 0 unspecified atom stereocenters. The van der Waals surface area contributed by atoms with E-state index in [9.17, 15) is 0 Å². The number of ether oxygens (including phenoxy) is 1. The summed E-state index contributed by atoms with van der Waals surface area (Å²) in [7, 11) is 0. The van der Waals surface area contributed by atoms with Crippen molar-refractivity contribution < 1.29 is 4.74 Å². The molecule has 0 aromatic heterocycles. The van der Waals surface area contributed by atoms with Crippen molar-refractivity contribution in [3.63, 3.8) is 0 Å². The van der Waals surface area contributed by atoms with Crippen molar-refractivity contribution in [2.24, 2.45) is 0 Å². The summed E-state index contributed by atoms with van der Waals surface area (Å²) in [5.74, 6) is 0.794. The van der Waals surface area contributed by atoms with E-state index in [-0.39, 0.29) is 5.41 Å². The van der Waals surface area contributed by atoms with Crippen molar-refractivity contribution in [2.45, 2.75) is 25.9 Å². The van der Waals surface area contributed by atoms with Gasteiger partial charge in [0, 0.05) is 11.0 Å². The van der Waals surface area contributed by atoms with Crippen LogP contribution in [0.4, 0.5) is 0 Å². The molecule has 0 aliphatic heterocycles. The molecule has 0 amide bonds. The molecule has 2 aromatic rings. The van der Waals surface area contributed by atoms with Gasteiger partial charge in [0.2, 0.25) is 0 Å². The minimum absolute atomic E-state index is 0.251. The quantitative estimate of drug-likeness (QED) is 0.748. The van der Waals surface area contributed by atoms with E-state index >= 15 is 0 Å². The van der Waals surface area contributed by atoms with Crippen LogP contribution in [-0.4, -0.2) is 0 Å². The molecule has 0 aliphatic rings. The number of nitriles is 1. The molecule has 0 N–H and O–H groups in total. The van der Waals surface area contributed by atoms with Crippen molar-refractivity contribution >= 4 is 0 Å². The van der Waals surface area contributed by atoms with Gasteiger partial charge in [0.25, 0.3) is 0 Å². The van der Waals surface area contributed by atoms with Crippen LogP contribution in [0.1, 0.15) is 30.5 Å². The summed E-state index contributed by atoms with van der Waals surface area (Å²) < 4.78 is 5.95. The van der Waals surface area contributed by atoms with E-state index in [2.05, 4.69) is 26.5 Å². The van der Waals surface area contributed by atoms with Crippen LogP contribution in [0.3, 0.4) is 0 Å². The third-order valence-electron chi connectivity index (χ3n) is 3.55. The maximum Gasteiger partial charge on any atom is 0.123 e. The smallest absolute Gasteiger partial charge is 0.123 e. The average molecular weight is 277 g/mol. The highest BCUT2D eigenvalue weighted by atomic mass is 16.5. The van der Waals surface area contributed by atoms with E-state index in [1.807, 2.05) is 48.5 Å². The first-order valence-electron chi connectivity index (χ1n) is 6.92. The van der Waals surface area contributed by atoms with Crippen LogP contribution in [0.25, 0.3) is 0 Å². The standard InChI is InChI=1S/C19H19NO/c1-4-19(2,3)17-12-16(13-20)10-11-18(17)21-14-15-8-6-5-7-9-15/h4-12H,1,14H2,2-3H3. The molecular formula is C19H19NO. The Balaban J connectivity index is 2.31.